The smallest absolute Gasteiger partial charge is 0.240 e. The molecule has 2 N–H and O–H groups in total. The normalized spacial score (nSPS) is 11.1. The van der Waals surface area contributed by atoms with Crippen LogP contribution in [0.3, 0.4) is 0 Å². The number of hydrogen-bond acceptors (Lipinski definition) is 9. The summed E-state index contributed by atoms with van der Waals surface area (Å²) in [5.74, 6) is -0.924. The van der Waals surface area contributed by atoms with Crippen LogP contribution >= 0.6 is 0 Å². The van der Waals surface area contributed by atoms with Gasteiger partial charge in [0.15, 0.2) is 5.82 Å². The molecule has 0 aliphatic carbocycles. The van der Waals surface area contributed by atoms with E-state index >= 15 is 0 Å². The lowest BCUT2D eigenvalue weighted by molar-refractivity contribution is 0.335. The molecule has 2 aromatic carbocycles. The Morgan fingerprint density at radius 3 is 2.12 bits per heavy atom. The Morgan fingerprint density at radius 1 is 0.854 bits per heavy atom. The molecule has 4 aromatic heterocycles. The first-order valence-electron chi connectivity index (χ1n) is 12.7. The zero-order valence-electron chi connectivity index (χ0n) is 21.8. The van der Waals surface area contributed by atoms with Gasteiger partial charge in [-0.1, -0.05) is 18.2 Å². The number of nitrogens with zero attached hydrogens (tertiary/aromatic N) is 8. The Kier molecular flexibility index (Phi) is 6.86. The number of nitrogen functional groups attached to an aromatic ring is 1. The number of rotatable bonds is 8. The predicted molar refractivity (Wildman–Crippen MR) is 150 cm³/mol. The molecule has 12 heteroatoms. The van der Waals surface area contributed by atoms with Crippen LogP contribution in [0.2, 0.25) is 0 Å². The molecule has 0 spiro atoms. The molecule has 4 heterocycles. The highest BCUT2D eigenvalue weighted by Crippen LogP contribution is 2.34. The highest BCUT2D eigenvalue weighted by molar-refractivity contribution is 5.92. The van der Waals surface area contributed by atoms with Gasteiger partial charge in [-0.05, 0) is 37.3 Å². The van der Waals surface area contributed by atoms with E-state index in [1.54, 1.807) is 36.6 Å². The van der Waals surface area contributed by atoms with Crippen molar-refractivity contribution in [1.82, 2.24) is 34.7 Å². The lowest BCUT2D eigenvalue weighted by atomic mass is 10.1. The van der Waals surface area contributed by atoms with Crippen LogP contribution in [-0.4, -0.2) is 41.3 Å². The quantitative estimate of drug-likeness (QED) is 0.263. The van der Waals surface area contributed by atoms with E-state index in [4.69, 9.17) is 15.5 Å². The lowest BCUT2D eigenvalue weighted by Crippen LogP contribution is -2.16. The van der Waals surface area contributed by atoms with Gasteiger partial charge in [0.05, 0.1) is 30.0 Å². The fourth-order valence-electron chi connectivity index (χ4n) is 4.50. The number of pyridine rings is 2. The Balaban J connectivity index is 1.47. The monoisotopic (exact) mass is 551 g/mol. The van der Waals surface area contributed by atoms with E-state index in [1.165, 1.54) is 16.8 Å². The molecule has 0 saturated heterocycles. The third-order valence-electron chi connectivity index (χ3n) is 6.29. The summed E-state index contributed by atoms with van der Waals surface area (Å²) in [6.07, 6.45) is 6.62. The van der Waals surface area contributed by atoms with Crippen LogP contribution in [-0.2, 0) is 6.54 Å². The largest absolute Gasteiger partial charge is 0.494 e. The van der Waals surface area contributed by atoms with Gasteiger partial charge in [0.2, 0.25) is 11.9 Å². The van der Waals surface area contributed by atoms with Crippen molar-refractivity contribution in [3.05, 3.63) is 103 Å². The van der Waals surface area contributed by atoms with Crippen molar-refractivity contribution >= 4 is 34.2 Å². The second-order valence-electron chi connectivity index (χ2n) is 8.89. The minimum Gasteiger partial charge on any atom is -0.494 e. The Morgan fingerprint density at radius 2 is 1.49 bits per heavy atom. The van der Waals surface area contributed by atoms with Crippen molar-refractivity contribution in [3.63, 3.8) is 0 Å². The van der Waals surface area contributed by atoms with Crippen molar-refractivity contribution in [1.29, 1.82) is 0 Å². The summed E-state index contributed by atoms with van der Waals surface area (Å²) < 4.78 is 36.7. The number of fused-ring (bicyclic) bond motifs is 1. The van der Waals surface area contributed by atoms with E-state index in [1.807, 2.05) is 48.5 Å². The third-order valence-corrected chi connectivity index (χ3v) is 6.29. The summed E-state index contributed by atoms with van der Waals surface area (Å²) in [5, 5.41) is 5.36. The number of para-hydroxylation sites is 1. The van der Waals surface area contributed by atoms with E-state index in [0.717, 1.165) is 11.4 Å². The molecule has 0 radical (unpaired) electrons. The zero-order chi connectivity index (χ0) is 28.3. The first kappa shape index (κ1) is 25.7. The number of benzene rings is 2. The highest BCUT2D eigenvalue weighted by atomic mass is 19.1. The van der Waals surface area contributed by atoms with Gasteiger partial charge in [-0.15, -0.1) is 0 Å². The molecule has 0 unspecified atom stereocenters. The molecule has 0 saturated carbocycles. The molecule has 6 aromatic rings. The van der Waals surface area contributed by atoms with Crippen molar-refractivity contribution in [3.8, 4) is 17.3 Å². The Labute approximate surface area is 233 Å². The Bertz CT molecular complexity index is 1770. The summed E-state index contributed by atoms with van der Waals surface area (Å²) in [4.78, 5) is 23.5. The van der Waals surface area contributed by atoms with Crippen LogP contribution in [0.25, 0.3) is 22.4 Å². The van der Waals surface area contributed by atoms with Crippen molar-refractivity contribution < 1.29 is 13.5 Å². The van der Waals surface area contributed by atoms with Gasteiger partial charge in [0, 0.05) is 47.9 Å². The lowest BCUT2D eigenvalue weighted by Gasteiger charge is -2.22. The summed E-state index contributed by atoms with van der Waals surface area (Å²) in [6, 6.07) is 16.9. The van der Waals surface area contributed by atoms with Gasteiger partial charge in [-0.25, -0.2) is 8.78 Å². The first-order chi connectivity index (χ1) is 20.0. The fraction of sp³-hybridized carbons (Fsp3) is 0.103. The SMILES string of the molecule is CCOc1cc(F)c(Cn2nc(-c3nc(N)nc(N(c4ccncc4)c4ccncc4)n3)c3ccccc32)c(F)c1. The van der Waals surface area contributed by atoms with Gasteiger partial charge >= 0.3 is 0 Å². The summed E-state index contributed by atoms with van der Waals surface area (Å²) >= 11 is 0. The molecular weight excluding hydrogens is 528 g/mol. The first-order valence-corrected chi connectivity index (χ1v) is 12.7. The topological polar surface area (TPSA) is 121 Å². The maximum atomic E-state index is 14.9. The molecule has 0 aliphatic heterocycles. The van der Waals surface area contributed by atoms with Crippen molar-refractivity contribution in [2.24, 2.45) is 0 Å². The van der Waals surface area contributed by atoms with E-state index in [9.17, 15) is 8.78 Å². The number of anilines is 4. The molecule has 0 bridgehead atoms. The molecule has 204 valence electrons. The number of aromatic nitrogens is 7. The average Bonchev–Trinajstić information content (AvgIpc) is 3.35. The van der Waals surface area contributed by atoms with Crippen LogP contribution in [0.5, 0.6) is 5.75 Å². The molecule has 0 aliphatic rings. The van der Waals surface area contributed by atoms with Gasteiger partial charge < -0.3 is 10.5 Å². The highest BCUT2D eigenvalue weighted by Gasteiger charge is 2.22. The van der Waals surface area contributed by atoms with Crippen LogP contribution < -0.4 is 15.4 Å². The summed E-state index contributed by atoms with van der Waals surface area (Å²) in [5.41, 5.74) is 8.52. The van der Waals surface area contributed by atoms with Crippen molar-refractivity contribution in [2.75, 3.05) is 17.2 Å². The molecule has 0 atom stereocenters. The van der Waals surface area contributed by atoms with Gasteiger partial charge in [0.1, 0.15) is 23.1 Å². The number of halogens is 2. The fourth-order valence-corrected chi connectivity index (χ4v) is 4.50. The second kappa shape index (κ2) is 10.9. The van der Waals surface area contributed by atoms with Crippen molar-refractivity contribution in [2.45, 2.75) is 13.5 Å². The molecule has 6 rings (SSSR count). The summed E-state index contributed by atoms with van der Waals surface area (Å²) in [6.45, 7) is 1.87. The van der Waals surface area contributed by atoms with Crippen LogP contribution in [0, 0.1) is 11.6 Å². The maximum absolute atomic E-state index is 14.9. The Hall–Kier alpha value is -5.52. The van der Waals surface area contributed by atoms with E-state index in [0.29, 0.717) is 23.2 Å². The van der Waals surface area contributed by atoms with Gasteiger partial charge in [0.25, 0.3) is 0 Å². The zero-order valence-corrected chi connectivity index (χ0v) is 21.8. The number of ether oxygens (including phenoxy) is 1. The molecule has 0 amide bonds. The molecule has 41 heavy (non-hydrogen) atoms. The van der Waals surface area contributed by atoms with Gasteiger partial charge in [-0.2, -0.15) is 20.1 Å². The van der Waals surface area contributed by atoms with E-state index in [-0.39, 0.29) is 35.6 Å². The second-order valence-corrected chi connectivity index (χ2v) is 8.89. The van der Waals surface area contributed by atoms with E-state index < -0.39 is 11.6 Å². The number of hydrogen-bond donors (Lipinski definition) is 1. The molecule has 10 nitrogen and oxygen atoms in total. The standard InChI is InChI=1S/C29H23F2N9O/c1-2-41-20-15-23(30)22(24(31)16-20)17-39-25-6-4-3-5-21(25)26(38-39)27-35-28(32)37-29(36-27)40(18-7-11-33-12-8-18)19-9-13-34-14-10-19/h3-16H,2,17H2,1H3,(H2,32,35,36,37). The van der Waals surface area contributed by atoms with Gasteiger partial charge in [-0.3, -0.25) is 19.5 Å². The summed E-state index contributed by atoms with van der Waals surface area (Å²) in [7, 11) is 0. The van der Waals surface area contributed by atoms with Crippen LogP contribution in [0.4, 0.5) is 32.1 Å². The predicted octanol–water partition coefficient (Wildman–Crippen LogP) is 5.46. The average molecular weight is 552 g/mol. The minimum absolute atomic E-state index is 0.0275. The van der Waals surface area contributed by atoms with Crippen LogP contribution in [0.15, 0.2) is 85.5 Å². The molecular formula is C29H23F2N9O. The minimum atomic E-state index is -0.730. The maximum Gasteiger partial charge on any atom is 0.240 e. The number of nitrogens with two attached hydrogens (primary N) is 1. The van der Waals surface area contributed by atoms with Crippen LogP contribution in [0.1, 0.15) is 12.5 Å². The third kappa shape index (κ3) is 5.10. The van der Waals surface area contributed by atoms with E-state index in [2.05, 4.69) is 25.0 Å². The molecule has 0 fully saturated rings.